The summed E-state index contributed by atoms with van der Waals surface area (Å²) in [5, 5.41) is 0. The summed E-state index contributed by atoms with van der Waals surface area (Å²) < 4.78 is 63.9. The highest BCUT2D eigenvalue weighted by molar-refractivity contribution is 7.11. The Morgan fingerprint density at radius 2 is 1.31 bits per heavy atom. The predicted molar refractivity (Wildman–Crippen MR) is 104 cm³/mol. The van der Waals surface area contributed by atoms with Crippen LogP contribution in [0.1, 0.15) is 65.4 Å². The van der Waals surface area contributed by atoms with Gasteiger partial charge in [-0.3, -0.25) is 0 Å². The van der Waals surface area contributed by atoms with Gasteiger partial charge in [-0.1, -0.05) is 0 Å². The van der Waals surface area contributed by atoms with E-state index in [4.69, 9.17) is 18.6 Å². The lowest BCUT2D eigenvalue weighted by Gasteiger charge is -2.36. The average molecular weight is 413 g/mol. The summed E-state index contributed by atoms with van der Waals surface area (Å²) in [6.07, 6.45) is -4.28. The predicted octanol–water partition coefficient (Wildman–Crippen LogP) is 4.19. The summed E-state index contributed by atoms with van der Waals surface area (Å²) in [5.74, 6) is 0. The molecule has 1 aromatic rings. The molecule has 29 heavy (non-hydrogen) atoms. The molecule has 0 N–H and O–H groups in total. The zero-order valence-corrected chi connectivity index (χ0v) is 18.2. The Labute approximate surface area is 170 Å². The summed E-state index contributed by atoms with van der Waals surface area (Å²) in [6.45, 7) is 14.8. The molecule has 5 nitrogen and oxygen atoms in total. The van der Waals surface area contributed by atoms with E-state index in [2.05, 4.69) is 4.98 Å². The molecule has 0 amide bonds. The molecule has 2 aliphatic rings. The second-order valence-corrected chi connectivity index (χ2v) is 9.65. The van der Waals surface area contributed by atoms with Crippen molar-refractivity contribution in [1.82, 2.24) is 4.98 Å². The number of hydrogen-bond donors (Lipinski definition) is 0. The number of halogens is 3. The van der Waals surface area contributed by atoms with E-state index in [0.717, 1.165) is 6.07 Å². The van der Waals surface area contributed by atoms with Crippen molar-refractivity contribution < 1.29 is 31.8 Å². The molecule has 0 bridgehead atoms. The van der Waals surface area contributed by atoms with E-state index in [1.807, 2.05) is 48.5 Å². The highest BCUT2D eigenvalue weighted by Gasteiger charge is 2.64. The summed E-state index contributed by atoms with van der Waals surface area (Å²) in [5.41, 5.74) is -2.88. The normalized spacial score (nSPS) is 28.2. The zero-order chi connectivity index (χ0) is 22.0. The second kappa shape index (κ2) is 6.70. The van der Waals surface area contributed by atoms with Crippen molar-refractivity contribution in [3.05, 3.63) is 29.1 Å². The first-order valence-corrected chi connectivity index (χ1v) is 9.72. The van der Waals surface area contributed by atoms with Crippen LogP contribution >= 0.6 is 0 Å². The van der Waals surface area contributed by atoms with Crippen molar-refractivity contribution in [2.45, 2.75) is 90.4 Å². The fourth-order valence-electron chi connectivity index (χ4n) is 3.58. The van der Waals surface area contributed by atoms with Crippen molar-refractivity contribution >= 4 is 14.0 Å². The lowest BCUT2D eigenvalue weighted by Crippen LogP contribution is -2.46. The molecule has 2 saturated heterocycles. The molecule has 2 fully saturated rings. The largest absolute Gasteiger partial charge is 0.489 e. The molecular formula is C19H28B2F3NO4. The minimum absolute atomic E-state index is 0.225. The van der Waals surface area contributed by atoms with E-state index in [9.17, 15) is 13.2 Å². The van der Waals surface area contributed by atoms with E-state index in [1.54, 1.807) is 13.0 Å². The second-order valence-electron chi connectivity index (χ2n) is 9.65. The molecule has 0 saturated carbocycles. The van der Waals surface area contributed by atoms with Gasteiger partial charge in [0.05, 0.1) is 22.4 Å². The molecule has 0 aromatic carbocycles. The first-order valence-electron chi connectivity index (χ1n) is 9.72. The topological polar surface area (TPSA) is 49.8 Å². The van der Waals surface area contributed by atoms with Gasteiger partial charge in [0, 0.05) is 12.1 Å². The quantitative estimate of drug-likeness (QED) is 0.696. The van der Waals surface area contributed by atoms with Crippen LogP contribution in [0.4, 0.5) is 13.2 Å². The number of nitrogens with zero attached hydrogens (tertiary/aromatic N) is 1. The average Bonchev–Trinajstić information content (AvgIpc) is 2.87. The van der Waals surface area contributed by atoms with Crippen molar-refractivity contribution in [3.8, 4) is 0 Å². The van der Waals surface area contributed by atoms with Gasteiger partial charge in [-0.2, -0.15) is 13.2 Å². The van der Waals surface area contributed by atoms with Crippen molar-refractivity contribution in [1.29, 1.82) is 0 Å². The third-order valence-corrected chi connectivity index (χ3v) is 6.40. The molecule has 160 valence electrons. The number of rotatable bonds is 3. The lowest BCUT2D eigenvalue weighted by molar-refractivity contribution is -0.141. The maximum absolute atomic E-state index is 13.2. The molecule has 0 radical (unpaired) electrons. The molecular weight excluding hydrogens is 385 g/mol. The monoisotopic (exact) mass is 413 g/mol. The van der Waals surface area contributed by atoms with Gasteiger partial charge in [0.1, 0.15) is 5.69 Å². The van der Waals surface area contributed by atoms with Crippen LogP contribution in [0.5, 0.6) is 0 Å². The minimum Gasteiger partial charge on any atom is -0.405 e. The molecule has 1 unspecified atom stereocenters. The van der Waals surface area contributed by atoms with Gasteiger partial charge >= 0.3 is 20.2 Å². The smallest absolute Gasteiger partial charge is 0.405 e. The van der Waals surface area contributed by atoms with Crippen molar-refractivity contribution in [3.63, 3.8) is 0 Å². The fraction of sp³-hybridized carbons (Fsp3) is 0.737. The Hall–Kier alpha value is -1.09. The third kappa shape index (κ3) is 4.09. The van der Waals surface area contributed by atoms with Crippen LogP contribution in [0, 0.1) is 6.92 Å². The zero-order valence-electron chi connectivity index (χ0n) is 18.2. The van der Waals surface area contributed by atoms with Gasteiger partial charge in [0.2, 0.25) is 0 Å². The van der Waals surface area contributed by atoms with Crippen LogP contribution in [0.2, 0.25) is 0 Å². The number of aryl methyl sites for hydroxylation is 1. The van der Waals surface area contributed by atoms with Crippen LogP contribution in [-0.2, 0) is 31.2 Å². The van der Waals surface area contributed by atoms with E-state index in [-0.39, 0.29) is 6.42 Å². The van der Waals surface area contributed by atoms with E-state index >= 15 is 0 Å². The highest BCUT2D eigenvalue weighted by atomic mass is 19.4. The minimum atomic E-state index is -4.50. The molecule has 0 aliphatic carbocycles. The van der Waals surface area contributed by atoms with Gasteiger partial charge in [0.25, 0.3) is 0 Å². The Bertz CT molecular complexity index is 784. The van der Waals surface area contributed by atoms with Gasteiger partial charge in [0.15, 0.2) is 0 Å². The molecule has 10 heteroatoms. The Kier molecular flexibility index (Phi) is 5.22. The van der Waals surface area contributed by atoms with Crippen LogP contribution in [0.25, 0.3) is 0 Å². The fourth-order valence-corrected chi connectivity index (χ4v) is 3.58. The van der Waals surface area contributed by atoms with Gasteiger partial charge in [-0.15, -0.1) is 0 Å². The van der Waals surface area contributed by atoms with E-state index in [1.165, 1.54) is 0 Å². The number of pyridine rings is 1. The summed E-state index contributed by atoms with van der Waals surface area (Å²) >= 11 is 0. The van der Waals surface area contributed by atoms with Crippen LogP contribution in [-0.4, -0.2) is 41.4 Å². The first-order chi connectivity index (χ1) is 13.0. The van der Waals surface area contributed by atoms with E-state index in [0.29, 0.717) is 11.3 Å². The summed E-state index contributed by atoms with van der Waals surface area (Å²) in [4.78, 5) is 3.61. The lowest BCUT2D eigenvalue weighted by atomic mass is 9.49. The third-order valence-electron chi connectivity index (χ3n) is 6.40. The van der Waals surface area contributed by atoms with E-state index < -0.39 is 48.3 Å². The molecule has 0 spiro atoms. The molecule has 1 aromatic heterocycles. The molecule has 3 heterocycles. The number of hydrogen-bond acceptors (Lipinski definition) is 5. The highest BCUT2D eigenvalue weighted by Crippen LogP contribution is 2.44. The van der Waals surface area contributed by atoms with Gasteiger partial charge in [-0.25, -0.2) is 4.98 Å². The standard InChI is InChI=1S/C19H28B2F3NO4/c1-12-9-13(10-14(25-12)19(22,23)24)11-18(8)17(6,7)28-21(29-18)20-26-15(2,3)16(4,5)27-20/h9-10H,11H2,1-8H3. The molecule has 1 atom stereocenters. The van der Waals surface area contributed by atoms with Gasteiger partial charge in [-0.05, 0) is 73.1 Å². The maximum atomic E-state index is 13.2. The van der Waals surface area contributed by atoms with Crippen LogP contribution in [0.15, 0.2) is 12.1 Å². The molecule has 2 aliphatic heterocycles. The van der Waals surface area contributed by atoms with Crippen molar-refractivity contribution in [2.24, 2.45) is 0 Å². The maximum Gasteiger partial charge on any atom is 0.489 e. The number of alkyl halides is 3. The van der Waals surface area contributed by atoms with Gasteiger partial charge < -0.3 is 18.6 Å². The summed E-state index contributed by atoms with van der Waals surface area (Å²) in [7, 11) is -1.52. The van der Waals surface area contributed by atoms with Crippen LogP contribution in [0.3, 0.4) is 0 Å². The number of aromatic nitrogens is 1. The SMILES string of the molecule is Cc1cc(CC2(C)OB(B3OC(C)(C)C(C)(C)O3)OC2(C)C)cc(C(F)(F)F)n1. The van der Waals surface area contributed by atoms with Crippen LogP contribution < -0.4 is 0 Å². The Morgan fingerprint density at radius 1 is 0.828 bits per heavy atom. The first kappa shape index (κ1) is 22.6. The summed E-state index contributed by atoms with van der Waals surface area (Å²) in [6, 6.07) is 2.71. The Morgan fingerprint density at radius 3 is 1.83 bits per heavy atom. The Balaban J connectivity index is 1.84. The molecule has 3 rings (SSSR count). The van der Waals surface area contributed by atoms with Crippen molar-refractivity contribution in [2.75, 3.05) is 0 Å².